The molecule has 0 heterocycles. The Morgan fingerprint density at radius 2 is 2.00 bits per heavy atom. The predicted molar refractivity (Wildman–Crippen MR) is 78.6 cm³/mol. The van der Waals surface area contributed by atoms with Gasteiger partial charge in [0.05, 0.1) is 12.2 Å². The lowest BCUT2D eigenvalue weighted by Gasteiger charge is -2.24. The Morgan fingerprint density at radius 3 is 2.52 bits per heavy atom. The quantitative estimate of drug-likeness (QED) is 0.841. The zero-order chi connectivity index (χ0) is 16.0. The van der Waals surface area contributed by atoms with Gasteiger partial charge in [0.2, 0.25) is 0 Å². The van der Waals surface area contributed by atoms with E-state index in [2.05, 4.69) is 0 Å². The van der Waals surface area contributed by atoms with Crippen LogP contribution in [0.2, 0.25) is 0 Å². The van der Waals surface area contributed by atoms with E-state index in [4.69, 9.17) is 10.5 Å². The van der Waals surface area contributed by atoms with E-state index in [0.717, 1.165) is 6.42 Å². The second-order valence-corrected chi connectivity index (χ2v) is 5.14. The van der Waals surface area contributed by atoms with Crippen molar-refractivity contribution in [1.82, 2.24) is 0 Å². The molecule has 0 radical (unpaired) electrons. The highest BCUT2D eigenvalue weighted by Gasteiger charge is 2.34. The van der Waals surface area contributed by atoms with Gasteiger partial charge >= 0.3 is 6.18 Å². The summed E-state index contributed by atoms with van der Waals surface area (Å²) in [5.41, 5.74) is 5.97. The number of halogens is 3. The number of alkyl halides is 3. The summed E-state index contributed by atoms with van der Waals surface area (Å²) in [7, 11) is 3.15. The van der Waals surface area contributed by atoms with Crippen LogP contribution >= 0.6 is 0 Å². The molecule has 6 heteroatoms. The largest absolute Gasteiger partial charge is 0.418 e. The monoisotopic (exact) mass is 304 g/mol. The summed E-state index contributed by atoms with van der Waals surface area (Å²) in [4.78, 5) is 1.55. The molecule has 3 nitrogen and oxygen atoms in total. The Balaban J connectivity index is 3.08. The molecular formula is C15H23F3N2O. The molecule has 21 heavy (non-hydrogen) atoms. The highest BCUT2D eigenvalue weighted by Crippen LogP contribution is 2.37. The molecule has 1 unspecified atom stereocenters. The second-order valence-electron chi connectivity index (χ2n) is 5.14. The van der Waals surface area contributed by atoms with Gasteiger partial charge in [0, 0.05) is 32.4 Å². The molecule has 1 aromatic rings. The summed E-state index contributed by atoms with van der Waals surface area (Å²) in [6, 6.07) is 4.30. The van der Waals surface area contributed by atoms with Crippen LogP contribution in [0.1, 0.15) is 24.5 Å². The highest BCUT2D eigenvalue weighted by molar-refractivity contribution is 5.56. The Kier molecular flexibility index (Phi) is 6.48. The molecule has 0 aliphatic rings. The van der Waals surface area contributed by atoms with Crippen molar-refractivity contribution >= 4 is 5.69 Å². The lowest BCUT2D eigenvalue weighted by molar-refractivity contribution is -0.137. The first-order valence-electron chi connectivity index (χ1n) is 6.95. The number of nitrogens with two attached hydrogens (primary N) is 1. The summed E-state index contributed by atoms with van der Waals surface area (Å²) >= 11 is 0. The van der Waals surface area contributed by atoms with E-state index in [9.17, 15) is 13.2 Å². The van der Waals surface area contributed by atoms with Crippen LogP contribution in [0.15, 0.2) is 18.2 Å². The fourth-order valence-corrected chi connectivity index (χ4v) is 2.07. The Bertz CT molecular complexity index is 449. The van der Waals surface area contributed by atoms with E-state index in [-0.39, 0.29) is 11.7 Å². The number of hydrogen-bond donors (Lipinski definition) is 1. The molecule has 1 rings (SSSR count). The zero-order valence-corrected chi connectivity index (χ0v) is 12.7. The van der Waals surface area contributed by atoms with Crippen LogP contribution in [0.5, 0.6) is 0 Å². The molecule has 0 spiro atoms. The minimum atomic E-state index is -4.39. The number of likely N-dealkylation sites (N-methyl/N-ethyl adjacent to an activating group) is 1. The van der Waals surface area contributed by atoms with E-state index in [1.807, 2.05) is 6.92 Å². The summed E-state index contributed by atoms with van der Waals surface area (Å²) in [5.74, 6) is 0. The molecule has 0 aliphatic carbocycles. The van der Waals surface area contributed by atoms with Gasteiger partial charge in [-0.1, -0.05) is 13.0 Å². The highest BCUT2D eigenvalue weighted by atomic mass is 19.4. The van der Waals surface area contributed by atoms with Crippen LogP contribution in [0.4, 0.5) is 18.9 Å². The molecular weight excluding hydrogens is 281 g/mol. The van der Waals surface area contributed by atoms with Crippen LogP contribution < -0.4 is 10.6 Å². The third-order valence-electron chi connectivity index (χ3n) is 3.43. The van der Waals surface area contributed by atoms with Gasteiger partial charge in [-0.3, -0.25) is 0 Å². The maximum Gasteiger partial charge on any atom is 0.418 e. The third kappa shape index (κ3) is 5.21. The lowest BCUT2D eigenvalue weighted by Crippen LogP contribution is -2.26. The Labute approximate surface area is 123 Å². The SMILES string of the molecule is CCC(N)Cc1ccc(N(C)CCOC)c(C(F)(F)F)c1. The van der Waals surface area contributed by atoms with Crippen molar-refractivity contribution in [3.8, 4) is 0 Å². The Morgan fingerprint density at radius 1 is 1.33 bits per heavy atom. The van der Waals surface area contributed by atoms with Crippen LogP contribution in [-0.2, 0) is 17.3 Å². The van der Waals surface area contributed by atoms with Crippen molar-refractivity contribution < 1.29 is 17.9 Å². The average Bonchev–Trinajstić information content (AvgIpc) is 2.43. The molecule has 0 bridgehead atoms. The van der Waals surface area contributed by atoms with Gasteiger partial charge in [-0.15, -0.1) is 0 Å². The standard InChI is InChI=1S/C15H23F3N2O/c1-4-12(19)9-11-5-6-14(20(2)7-8-21-3)13(10-11)15(16,17)18/h5-6,10,12H,4,7-9,19H2,1-3H3. The van der Waals surface area contributed by atoms with Crippen molar-refractivity contribution in [2.24, 2.45) is 5.73 Å². The molecule has 120 valence electrons. The first-order chi connectivity index (χ1) is 9.79. The van der Waals surface area contributed by atoms with Crippen LogP contribution in [-0.4, -0.2) is 33.4 Å². The molecule has 0 amide bonds. The zero-order valence-electron chi connectivity index (χ0n) is 12.7. The van der Waals surface area contributed by atoms with E-state index in [1.165, 1.54) is 19.2 Å². The number of rotatable bonds is 7. The predicted octanol–water partition coefficient (Wildman–Crippen LogP) is 3.07. The molecule has 2 N–H and O–H groups in total. The number of nitrogens with zero attached hydrogens (tertiary/aromatic N) is 1. The number of anilines is 1. The first-order valence-corrected chi connectivity index (χ1v) is 6.95. The van der Waals surface area contributed by atoms with E-state index in [0.29, 0.717) is 25.1 Å². The minimum absolute atomic E-state index is 0.122. The smallest absolute Gasteiger partial charge is 0.383 e. The van der Waals surface area contributed by atoms with E-state index >= 15 is 0 Å². The van der Waals surface area contributed by atoms with Gasteiger partial charge in [-0.05, 0) is 30.5 Å². The fourth-order valence-electron chi connectivity index (χ4n) is 2.07. The number of benzene rings is 1. The number of hydrogen-bond acceptors (Lipinski definition) is 3. The molecule has 1 atom stereocenters. The number of methoxy groups -OCH3 is 1. The summed E-state index contributed by atoms with van der Waals surface area (Å²) < 4.78 is 44.6. The third-order valence-corrected chi connectivity index (χ3v) is 3.43. The fraction of sp³-hybridized carbons (Fsp3) is 0.600. The average molecular weight is 304 g/mol. The van der Waals surface area contributed by atoms with Crippen LogP contribution in [0.3, 0.4) is 0 Å². The first kappa shape index (κ1) is 17.8. The second kappa shape index (κ2) is 7.66. The van der Waals surface area contributed by atoms with Gasteiger partial charge < -0.3 is 15.4 Å². The molecule has 0 saturated heterocycles. The topological polar surface area (TPSA) is 38.5 Å². The normalized spacial score (nSPS) is 13.3. The maximum absolute atomic E-state index is 13.2. The maximum atomic E-state index is 13.2. The van der Waals surface area contributed by atoms with Gasteiger partial charge in [0.25, 0.3) is 0 Å². The molecule has 0 fully saturated rings. The van der Waals surface area contributed by atoms with Crippen molar-refractivity contribution in [1.29, 1.82) is 0 Å². The Hall–Kier alpha value is -1.27. The van der Waals surface area contributed by atoms with Crippen molar-refractivity contribution in [2.45, 2.75) is 32.0 Å². The summed E-state index contributed by atoms with van der Waals surface area (Å²) in [6.45, 7) is 2.69. The van der Waals surface area contributed by atoms with Crippen molar-refractivity contribution in [3.63, 3.8) is 0 Å². The van der Waals surface area contributed by atoms with E-state index < -0.39 is 11.7 Å². The summed E-state index contributed by atoms with van der Waals surface area (Å²) in [5, 5.41) is 0. The van der Waals surface area contributed by atoms with E-state index in [1.54, 1.807) is 18.0 Å². The van der Waals surface area contributed by atoms with Gasteiger partial charge in [0.15, 0.2) is 0 Å². The van der Waals surface area contributed by atoms with Crippen molar-refractivity contribution in [3.05, 3.63) is 29.3 Å². The molecule has 0 saturated carbocycles. The van der Waals surface area contributed by atoms with Gasteiger partial charge in [0.1, 0.15) is 0 Å². The minimum Gasteiger partial charge on any atom is -0.383 e. The van der Waals surface area contributed by atoms with Crippen molar-refractivity contribution in [2.75, 3.05) is 32.2 Å². The lowest BCUT2D eigenvalue weighted by atomic mass is 10.0. The van der Waals surface area contributed by atoms with Gasteiger partial charge in [-0.25, -0.2) is 0 Å². The molecule has 0 aliphatic heterocycles. The summed E-state index contributed by atoms with van der Waals surface area (Å²) in [6.07, 6.45) is -3.21. The van der Waals surface area contributed by atoms with Crippen LogP contribution in [0.25, 0.3) is 0 Å². The van der Waals surface area contributed by atoms with Gasteiger partial charge in [-0.2, -0.15) is 13.2 Å². The number of ether oxygens (including phenoxy) is 1. The molecule has 1 aromatic carbocycles. The van der Waals surface area contributed by atoms with Crippen LogP contribution in [0, 0.1) is 0 Å². The molecule has 0 aromatic heterocycles.